The summed E-state index contributed by atoms with van der Waals surface area (Å²) in [6, 6.07) is 20.0. The zero-order chi connectivity index (χ0) is 54.8. The lowest BCUT2D eigenvalue weighted by molar-refractivity contribution is -0.136. The lowest BCUT2D eigenvalue weighted by Crippen LogP contribution is -2.54. The van der Waals surface area contributed by atoms with Crippen LogP contribution in [-0.2, 0) is 71.2 Å². The summed E-state index contributed by atoms with van der Waals surface area (Å²) >= 11 is 0. The van der Waals surface area contributed by atoms with Gasteiger partial charge in [-0.3, -0.25) is 34.2 Å². The Kier molecular flexibility index (Phi) is 28.7. The molecular formula is C56H76N4O18. The molecule has 1 fully saturated rings. The predicted molar refractivity (Wildman–Crippen MR) is 282 cm³/mol. The summed E-state index contributed by atoms with van der Waals surface area (Å²) in [5.41, 5.74) is 5.10. The normalized spacial score (nSPS) is 14.9. The number of hydrogen-bond acceptors (Lipinski definition) is 18. The molecule has 6 amide bonds. The first-order valence-electron chi connectivity index (χ1n) is 26.9. The minimum absolute atomic E-state index is 0.0226. The van der Waals surface area contributed by atoms with Gasteiger partial charge in [0.2, 0.25) is 17.7 Å². The van der Waals surface area contributed by atoms with Crippen molar-refractivity contribution in [2.24, 2.45) is 0 Å². The van der Waals surface area contributed by atoms with Crippen LogP contribution in [0, 0.1) is 0 Å². The third-order valence-corrected chi connectivity index (χ3v) is 12.5. The number of amides is 6. The Morgan fingerprint density at radius 3 is 1.44 bits per heavy atom. The Hall–Kier alpha value is -5.76. The summed E-state index contributed by atoms with van der Waals surface area (Å²) in [5, 5.41) is 7.65. The molecule has 2 aliphatic heterocycles. The summed E-state index contributed by atoms with van der Waals surface area (Å²) < 4.78 is 66.4. The summed E-state index contributed by atoms with van der Waals surface area (Å²) in [5.74, 6) is -2.72. The molecule has 0 bridgehead atoms. The van der Waals surface area contributed by atoms with E-state index in [2.05, 4.69) is 40.2 Å². The highest BCUT2D eigenvalue weighted by Gasteiger charge is 2.45. The van der Waals surface area contributed by atoms with E-state index >= 15 is 0 Å². The fraction of sp³-hybridized carbons (Fsp3) is 0.571. The van der Waals surface area contributed by atoms with Gasteiger partial charge < -0.3 is 67.5 Å². The largest absolute Gasteiger partial charge is 0.449 e. The van der Waals surface area contributed by atoms with Crippen LogP contribution in [0.25, 0.3) is 11.1 Å². The van der Waals surface area contributed by atoms with Gasteiger partial charge >= 0.3 is 6.09 Å². The van der Waals surface area contributed by atoms with E-state index in [1.807, 2.05) is 24.3 Å². The lowest BCUT2D eigenvalue weighted by Gasteiger charge is -2.27. The second kappa shape index (κ2) is 36.4. The van der Waals surface area contributed by atoms with Crippen molar-refractivity contribution < 1.29 is 85.6 Å². The van der Waals surface area contributed by atoms with Crippen molar-refractivity contribution in [2.75, 3.05) is 164 Å². The highest BCUT2D eigenvalue weighted by Crippen LogP contribution is 2.44. The summed E-state index contributed by atoms with van der Waals surface area (Å²) in [4.78, 5) is 76.0. The highest BCUT2D eigenvalue weighted by molar-refractivity contribution is 6.26. The van der Waals surface area contributed by atoms with Gasteiger partial charge in [0.15, 0.2) is 0 Å². The van der Waals surface area contributed by atoms with Gasteiger partial charge in [0.05, 0.1) is 156 Å². The van der Waals surface area contributed by atoms with Crippen LogP contribution in [-0.4, -0.2) is 205 Å². The number of piperidine rings is 1. The predicted octanol–water partition coefficient (Wildman–Crippen LogP) is 4.31. The number of unbranched alkanes of at least 4 members (excludes halogenated alkanes) is 2. The van der Waals surface area contributed by atoms with Gasteiger partial charge in [-0.1, -0.05) is 61.0 Å². The fourth-order valence-corrected chi connectivity index (χ4v) is 8.67. The third kappa shape index (κ3) is 21.1. The van der Waals surface area contributed by atoms with Gasteiger partial charge in [-0.05, 0) is 53.6 Å². The summed E-state index contributed by atoms with van der Waals surface area (Å²) in [6.45, 7) is 10.4. The molecule has 22 heteroatoms. The topological polar surface area (TPSA) is 253 Å². The van der Waals surface area contributed by atoms with Gasteiger partial charge in [-0.2, -0.15) is 0 Å². The van der Waals surface area contributed by atoms with Crippen LogP contribution in [0.3, 0.4) is 0 Å². The molecule has 3 aliphatic rings. The number of fused-ring (bicyclic) bond motifs is 4. The quantitative estimate of drug-likeness (QED) is 0.0527. The molecule has 0 saturated carbocycles. The first-order valence-corrected chi connectivity index (χ1v) is 26.9. The summed E-state index contributed by atoms with van der Waals surface area (Å²) in [7, 11) is 0. The van der Waals surface area contributed by atoms with Crippen molar-refractivity contribution in [1.82, 2.24) is 15.5 Å². The Labute approximate surface area is 455 Å². The van der Waals surface area contributed by atoms with Crippen LogP contribution in [0.5, 0.6) is 0 Å². The number of benzene rings is 3. The van der Waals surface area contributed by atoms with Crippen molar-refractivity contribution in [3.8, 4) is 11.1 Å². The van der Waals surface area contributed by atoms with E-state index in [4.69, 9.17) is 56.8 Å². The number of imide groups is 2. The smallest absolute Gasteiger partial charge is 0.407 e. The molecule has 2 heterocycles. The molecule has 0 spiro atoms. The Balaban J connectivity index is 0.592. The van der Waals surface area contributed by atoms with Crippen molar-refractivity contribution in [2.45, 2.75) is 50.5 Å². The maximum Gasteiger partial charge on any atom is 0.407 e. The number of nitrogens with zero attached hydrogens (tertiary/aromatic N) is 1. The zero-order valence-corrected chi connectivity index (χ0v) is 44.5. The SMILES string of the molecule is O=C1CCC(N2C(=O)c3cccc(NC(=O)CCCCCOCCOCCOCCOCCOCCOCCOCCOCCOCCOCCOCCNC(=O)OCC4c5ccccc5-c5ccccc54)c3C2=O)C(=O)N1. The van der Waals surface area contributed by atoms with Crippen LogP contribution in [0.1, 0.15) is 76.3 Å². The molecule has 1 unspecified atom stereocenters. The summed E-state index contributed by atoms with van der Waals surface area (Å²) in [6.07, 6.45) is 1.94. The molecule has 3 aromatic carbocycles. The van der Waals surface area contributed by atoms with Crippen molar-refractivity contribution >= 4 is 41.3 Å². The van der Waals surface area contributed by atoms with Gasteiger partial charge in [-0.15, -0.1) is 0 Å². The van der Waals surface area contributed by atoms with Crippen molar-refractivity contribution in [3.63, 3.8) is 0 Å². The molecule has 0 radical (unpaired) electrons. The molecule has 1 aliphatic carbocycles. The number of hydrogen-bond donors (Lipinski definition) is 3. The van der Waals surface area contributed by atoms with Gasteiger partial charge in [-0.25, -0.2) is 4.79 Å². The van der Waals surface area contributed by atoms with Crippen LogP contribution in [0.2, 0.25) is 0 Å². The number of anilines is 1. The molecule has 22 nitrogen and oxygen atoms in total. The third-order valence-electron chi connectivity index (χ3n) is 12.5. The molecular weight excluding hydrogens is 1020 g/mol. The molecule has 1 saturated heterocycles. The fourth-order valence-electron chi connectivity index (χ4n) is 8.67. The average molecular weight is 1090 g/mol. The zero-order valence-electron chi connectivity index (χ0n) is 44.5. The molecule has 0 aromatic heterocycles. The second-order valence-corrected chi connectivity index (χ2v) is 18.0. The molecule has 428 valence electrons. The number of alkyl carbamates (subject to hydrolysis) is 1. The highest BCUT2D eigenvalue weighted by atomic mass is 16.6. The number of ether oxygens (including phenoxy) is 12. The first-order chi connectivity index (χ1) is 38.3. The van der Waals surface area contributed by atoms with E-state index in [1.54, 1.807) is 12.1 Å². The van der Waals surface area contributed by atoms with E-state index in [0.29, 0.717) is 158 Å². The maximum absolute atomic E-state index is 13.2. The lowest BCUT2D eigenvalue weighted by atomic mass is 9.98. The Morgan fingerprint density at radius 1 is 0.500 bits per heavy atom. The standard InChI is InChI=1S/C56H76N4O18/c61-50(58-48-14-8-13-46-52(48)55(65)60(54(46)64)49-16-17-51(62)59-53(49)63)15-2-1-7-19-67-21-23-69-25-27-71-29-31-73-33-35-75-37-39-77-40-38-76-36-34-74-32-30-72-28-26-70-24-22-68-20-18-57-56(66)78-41-47-44-11-5-3-9-42(44)43-10-4-6-12-45(43)47/h3-6,8-14,47,49H,1-2,7,15-41H2,(H,57,66)(H,58,61)(H,59,62,63). The van der Waals surface area contributed by atoms with E-state index < -0.39 is 35.8 Å². The van der Waals surface area contributed by atoms with Crippen molar-refractivity contribution in [3.05, 3.63) is 89.0 Å². The first kappa shape index (κ1) is 61.5. The van der Waals surface area contributed by atoms with E-state index in [0.717, 1.165) is 17.7 Å². The minimum Gasteiger partial charge on any atom is -0.449 e. The van der Waals surface area contributed by atoms with Crippen LogP contribution in [0.4, 0.5) is 10.5 Å². The van der Waals surface area contributed by atoms with Gasteiger partial charge in [0.25, 0.3) is 11.8 Å². The molecule has 78 heavy (non-hydrogen) atoms. The molecule has 3 N–H and O–H groups in total. The minimum atomic E-state index is -1.08. The van der Waals surface area contributed by atoms with Crippen LogP contribution < -0.4 is 16.0 Å². The van der Waals surface area contributed by atoms with Crippen LogP contribution in [0.15, 0.2) is 66.7 Å². The van der Waals surface area contributed by atoms with E-state index in [9.17, 15) is 28.8 Å². The Morgan fingerprint density at radius 2 is 0.949 bits per heavy atom. The van der Waals surface area contributed by atoms with Gasteiger partial charge in [0, 0.05) is 31.9 Å². The molecule has 1 atom stereocenters. The molecule has 6 rings (SSSR count). The number of carbonyl (C=O) groups is 6. The number of carbonyl (C=O) groups excluding carboxylic acids is 6. The van der Waals surface area contributed by atoms with Crippen LogP contribution >= 0.6 is 0 Å². The number of nitrogens with one attached hydrogen (secondary N) is 3. The van der Waals surface area contributed by atoms with Gasteiger partial charge in [0.1, 0.15) is 12.6 Å². The van der Waals surface area contributed by atoms with E-state index in [1.165, 1.54) is 28.3 Å². The maximum atomic E-state index is 13.2. The average Bonchev–Trinajstić information content (AvgIpc) is 4.09. The van der Waals surface area contributed by atoms with Crippen molar-refractivity contribution in [1.29, 1.82) is 0 Å². The monoisotopic (exact) mass is 1090 g/mol. The van der Waals surface area contributed by atoms with E-state index in [-0.39, 0.29) is 54.5 Å². The number of rotatable bonds is 43. The molecule has 3 aromatic rings. The Bertz CT molecular complexity index is 2270. The second-order valence-electron chi connectivity index (χ2n) is 18.0.